The van der Waals surface area contributed by atoms with Crippen LogP contribution in [0, 0.1) is 0 Å². The van der Waals surface area contributed by atoms with Crippen molar-refractivity contribution in [1.82, 2.24) is 0 Å². The van der Waals surface area contributed by atoms with Crippen LogP contribution >= 0.6 is 7.91 Å². The minimum Gasteiger partial charge on any atom is -0.385 e. The topological polar surface area (TPSA) is 35.5 Å². The maximum atomic E-state index is 12.2. The number of halogens is 5. The van der Waals surface area contributed by atoms with Gasteiger partial charge in [-0.05, 0) is 0 Å². The summed E-state index contributed by atoms with van der Waals surface area (Å²) in [5.41, 5.74) is 0. The van der Waals surface area contributed by atoms with Crippen LogP contribution < -0.4 is 0 Å². The van der Waals surface area contributed by atoms with Gasteiger partial charge in [-0.25, -0.2) is 22.1 Å². The molecule has 1 saturated heterocycles. The first-order chi connectivity index (χ1) is 5.73. The Labute approximate surface area is 74.5 Å². The van der Waals surface area contributed by atoms with Crippen LogP contribution in [0.25, 0.3) is 0 Å². The van der Waals surface area contributed by atoms with E-state index in [0.29, 0.717) is 0 Å². The molecule has 0 aromatic rings. The number of hydrogen-bond acceptors (Lipinski definition) is 3. The molecule has 0 atom stereocenters. The maximum Gasteiger partial charge on any atom is 0.698 e. The van der Waals surface area contributed by atoms with E-state index < -0.39 is 40.4 Å². The lowest BCUT2D eigenvalue weighted by atomic mass is 10.4. The second kappa shape index (κ2) is 3.48. The summed E-state index contributed by atoms with van der Waals surface area (Å²) in [5.74, 6) is -4.27. The molecule has 0 aliphatic carbocycles. The highest BCUT2D eigenvalue weighted by Gasteiger charge is 2.58. The summed E-state index contributed by atoms with van der Waals surface area (Å²) >= 11 is -3.18. The van der Waals surface area contributed by atoms with E-state index >= 15 is 0 Å². The van der Waals surface area contributed by atoms with Gasteiger partial charge in [0, 0.05) is 5.28 Å². The molecule has 0 bridgehead atoms. The monoisotopic (exact) mass is 240 g/mol. The fourth-order valence-electron chi connectivity index (χ4n) is 0.675. The zero-order valence-corrected chi connectivity index (χ0v) is 7.97. The highest BCUT2D eigenvalue weighted by atomic mass is 31.2. The van der Waals surface area contributed by atoms with E-state index in [2.05, 4.69) is 7.15 Å². The Morgan fingerprint density at radius 2 is 1.85 bits per heavy atom. The zero-order valence-electron chi connectivity index (χ0n) is 5.92. The van der Waals surface area contributed by atoms with E-state index in [1.165, 1.54) is 0 Å². The molecule has 0 saturated carbocycles. The fraction of sp³-hybridized carbons (Fsp3) is 1.00. The molecule has 0 N–H and O–H groups in total. The third-order valence-electron chi connectivity index (χ3n) is 1.25. The molecule has 1 fully saturated rings. The largest absolute Gasteiger partial charge is 0.698 e. The van der Waals surface area contributed by atoms with E-state index in [9.17, 15) is 26.3 Å². The van der Waals surface area contributed by atoms with Crippen molar-refractivity contribution in [2.75, 3.05) is 0 Å². The van der Waals surface area contributed by atoms with Gasteiger partial charge < -0.3 is 7.15 Å². The summed E-state index contributed by atoms with van der Waals surface area (Å²) in [5, 5.41) is -1.38. The smallest absolute Gasteiger partial charge is 0.385 e. The molecular formula is C3H3AlF5O3P. The standard InChI is InChI=1S/C3H3F4.Al.FH2O3P/c1-3(6,7)2(4)5;;1-5(2,3)4/h2H,1H2;;(H2,2,3,4)/q;+2;/p-2. The van der Waals surface area contributed by atoms with Gasteiger partial charge >= 0.3 is 28.6 Å². The summed E-state index contributed by atoms with van der Waals surface area (Å²) < 4.78 is 77.0. The van der Waals surface area contributed by atoms with Crippen LogP contribution in [0.3, 0.4) is 0 Å². The number of rotatable bonds is 3. The number of alkyl halides is 4. The average molecular weight is 240 g/mol. The Bertz CT molecular complexity index is 237. The fourth-order valence-corrected chi connectivity index (χ4v) is 4.20. The molecule has 1 rings (SSSR count). The zero-order chi connectivity index (χ0) is 10.3. The third kappa shape index (κ3) is 2.89. The molecule has 10 heteroatoms. The molecule has 0 radical (unpaired) electrons. The molecule has 0 aromatic heterocycles. The summed E-state index contributed by atoms with van der Waals surface area (Å²) in [6.45, 7) is 0. The molecule has 0 aromatic carbocycles. The normalized spacial score (nSPS) is 21.8. The van der Waals surface area contributed by atoms with Crippen molar-refractivity contribution >= 4 is 22.7 Å². The first-order valence-corrected chi connectivity index (χ1v) is 6.25. The van der Waals surface area contributed by atoms with Gasteiger partial charge in [-0.2, -0.15) is 0 Å². The van der Waals surface area contributed by atoms with E-state index in [4.69, 9.17) is 0 Å². The molecule has 1 heterocycles. The van der Waals surface area contributed by atoms with E-state index in [0.717, 1.165) is 0 Å². The lowest BCUT2D eigenvalue weighted by Gasteiger charge is -2.28. The Balaban J connectivity index is 2.39. The molecule has 1 aliphatic heterocycles. The second-order valence-corrected chi connectivity index (χ2v) is 6.15. The van der Waals surface area contributed by atoms with Crippen molar-refractivity contribution < 1.29 is 33.5 Å². The first kappa shape index (κ1) is 11.4. The molecular weight excluding hydrogens is 237 g/mol. The maximum absolute atomic E-state index is 12.2. The second-order valence-electron chi connectivity index (χ2n) is 2.34. The Hall–Kier alpha value is 0.332. The predicted octanol–water partition coefficient (Wildman–Crippen LogP) is 2.50. The highest BCUT2D eigenvalue weighted by molar-refractivity contribution is 7.54. The molecule has 3 nitrogen and oxygen atoms in total. The summed E-state index contributed by atoms with van der Waals surface area (Å²) in [7, 11) is -4.65. The van der Waals surface area contributed by atoms with Crippen molar-refractivity contribution in [3.8, 4) is 0 Å². The number of hydrogen-bond donors (Lipinski definition) is 0. The molecule has 0 amide bonds. The minimum atomic E-state index is -4.65. The van der Waals surface area contributed by atoms with Gasteiger partial charge in [0.15, 0.2) is 0 Å². The summed E-state index contributed by atoms with van der Waals surface area (Å²) in [4.78, 5) is 0. The lowest BCUT2D eigenvalue weighted by molar-refractivity contribution is -0.117. The Morgan fingerprint density at radius 3 is 2.15 bits per heavy atom. The lowest BCUT2D eigenvalue weighted by Crippen LogP contribution is -2.39. The van der Waals surface area contributed by atoms with Crippen molar-refractivity contribution in [3.05, 3.63) is 0 Å². The van der Waals surface area contributed by atoms with Crippen molar-refractivity contribution in [3.63, 3.8) is 0 Å². The van der Waals surface area contributed by atoms with Crippen LogP contribution in [0.5, 0.6) is 0 Å². The molecule has 0 spiro atoms. The van der Waals surface area contributed by atoms with E-state index in [1.54, 1.807) is 0 Å². The van der Waals surface area contributed by atoms with Crippen LogP contribution in [0.15, 0.2) is 0 Å². The van der Waals surface area contributed by atoms with Gasteiger partial charge in [-0.3, -0.25) is 0 Å². The van der Waals surface area contributed by atoms with Crippen molar-refractivity contribution in [1.29, 1.82) is 0 Å². The highest BCUT2D eigenvalue weighted by Crippen LogP contribution is 2.60. The van der Waals surface area contributed by atoms with Gasteiger partial charge in [0.05, 0.1) is 0 Å². The van der Waals surface area contributed by atoms with Crippen LogP contribution in [0.1, 0.15) is 0 Å². The van der Waals surface area contributed by atoms with Gasteiger partial charge in [0.2, 0.25) is 0 Å². The Kier molecular flexibility index (Phi) is 3.05. The van der Waals surface area contributed by atoms with Crippen LogP contribution in [-0.4, -0.2) is 27.2 Å². The summed E-state index contributed by atoms with van der Waals surface area (Å²) in [6.07, 6.45) is -3.85. The van der Waals surface area contributed by atoms with Crippen LogP contribution in [0.4, 0.5) is 21.8 Å². The van der Waals surface area contributed by atoms with Crippen molar-refractivity contribution in [2.45, 2.75) is 17.6 Å². The summed E-state index contributed by atoms with van der Waals surface area (Å²) in [6, 6.07) is 0. The quantitative estimate of drug-likeness (QED) is 0.432. The molecule has 0 unspecified atom stereocenters. The Morgan fingerprint density at radius 1 is 1.38 bits per heavy atom. The van der Waals surface area contributed by atoms with E-state index in [1.807, 2.05) is 0 Å². The third-order valence-corrected chi connectivity index (χ3v) is 6.02. The molecule has 1 aliphatic rings. The van der Waals surface area contributed by atoms with E-state index in [-0.39, 0.29) is 0 Å². The van der Waals surface area contributed by atoms with Gasteiger partial charge in [-0.15, -0.1) is 4.20 Å². The SMILES string of the molecule is O=P1(F)[O][Al]([CH2]C(F)(F)C(F)F)[O]1. The van der Waals surface area contributed by atoms with Gasteiger partial charge in [-0.1, -0.05) is 0 Å². The first-order valence-electron chi connectivity index (χ1n) is 3.05. The van der Waals surface area contributed by atoms with Gasteiger partial charge in [0.1, 0.15) is 0 Å². The average Bonchev–Trinajstić information content (AvgIpc) is 1.81. The molecule has 76 valence electrons. The minimum absolute atomic E-state index is 1.38. The van der Waals surface area contributed by atoms with Crippen molar-refractivity contribution in [2.24, 2.45) is 0 Å². The van der Waals surface area contributed by atoms with Crippen LogP contribution in [0.2, 0.25) is 5.28 Å². The van der Waals surface area contributed by atoms with Gasteiger partial charge in [0.25, 0.3) is 6.43 Å². The molecule has 13 heavy (non-hydrogen) atoms. The van der Waals surface area contributed by atoms with Crippen LogP contribution in [-0.2, 0) is 11.7 Å². The predicted molar refractivity (Wildman–Crippen MR) is 32.4 cm³/mol.